The van der Waals surface area contributed by atoms with Gasteiger partial charge in [0, 0.05) is 36.8 Å². The minimum Gasteiger partial charge on any atom is -0.378 e. The lowest BCUT2D eigenvalue weighted by atomic mass is 10.0. The van der Waals surface area contributed by atoms with Crippen molar-refractivity contribution in [1.82, 2.24) is 19.9 Å². The Labute approximate surface area is 187 Å². The van der Waals surface area contributed by atoms with Crippen molar-refractivity contribution < 1.29 is 14.3 Å². The topological polar surface area (TPSA) is 80.7 Å². The number of carbonyl (C=O) groups excluding carboxylic acids is 1. The number of nitrogens with zero attached hydrogens (tertiary/aromatic N) is 5. The number of ether oxygens (including phenoxy) is 2. The van der Waals surface area contributed by atoms with Gasteiger partial charge in [-0.3, -0.25) is 4.79 Å². The molecular weight excluding hydrogens is 406 g/mol. The second kappa shape index (κ2) is 8.80. The smallest absolute Gasteiger partial charge is 0.254 e. The van der Waals surface area contributed by atoms with Gasteiger partial charge in [-0.05, 0) is 26.0 Å². The minimum atomic E-state index is -0.250. The summed E-state index contributed by atoms with van der Waals surface area (Å²) in [6, 6.07) is 11.7. The van der Waals surface area contributed by atoms with E-state index in [-0.39, 0.29) is 12.0 Å². The Balaban J connectivity index is 1.49. The molecule has 0 unspecified atom stereocenters. The van der Waals surface area contributed by atoms with E-state index in [1.165, 1.54) is 0 Å². The summed E-state index contributed by atoms with van der Waals surface area (Å²) in [6.07, 6.45) is -0.250. The zero-order valence-corrected chi connectivity index (χ0v) is 18.5. The molecule has 4 heterocycles. The molecular formula is C24H27N5O3. The lowest BCUT2D eigenvalue weighted by Crippen LogP contribution is -2.41. The molecule has 8 nitrogen and oxygen atoms in total. The number of aromatic nitrogens is 3. The van der Waals surface area contributed by atoms with Crippen molar-refractivity contribution in [3.63, 3.8) is 0 Å². The van der Waals surface area contributed by atoms with Gasteiger partial charge in [-0.1, -0.05) is 18.2 Å². The Hall–Kier alpha value is -3.10. The molecule has 0 bridgehead atoms. The number of morpholine rings is 2. The highest BCUT2D eigenvalue weighted by Crippen LogP contribution is 2.28. The molecule has 3 aromatic rings. The Morgan fingerprint density at radius 3 is 2.62 bits per heavy atom. The molecule has 2 aromatic heterocycles. The molecule has 8 heteroatoms. The second-order valence-electron chi connectivity index (χ2n) is 8.24. The average Bonchev–Trinajstić information content (AvgIpc) is 2.83. The lowest BCUT2D eigenvalue weighted by molar-refractivity contribution is 0.0300. The second-order valence-corrected chi connectivity index (χ2v) is 8.24. The van der Waals surface area contributed by atoms with Gasteiger partial charge in [0.25, 0.3) is 5.91 Å². The molecule has 0 N–H and O–H groups in total. The van der Waals surface area contributed by atoms with Crippen molar-refractivity contribution in [3.8, 4) is 0 Å². The van der Waals surface area contributed by atoms with Gasteiger partial charge in [0.2, 0.25) is 0 Å². The fourth-order valence-corrected chi connectivity index (χ4v) is 4.37. The lowest BCUT2D eigenvalue weighted by Gasteiger charge is -2.34. The molecule has 1 amide bonds. The fraction of sp³-hybridized carbons (Fsp3) is 0.417. The number of hydrogen-bond donors (Lipinski definition) is 0. The molecule has 0 radical (unpaired) electrons. The van der Waals surface area contributed by atoms with E-state index in [1.54, 1.807) is 0 Å². The monoisotopic (exact) mass is 433 g/mol. The standard InChI is InChI=1S/C24H27N5O3/c1-16-13-23(26-17(2)25-16)29-9-12-32-22(15-29)21-14-19(18-5-3-4-6-20(18)27-21)24(30)28-7-10-31-11-8-28/h3-6,13-14,22H,7-12,15H2,1-2H3/t22-/m0/s1. The predicted molar refractivity (Wildman–Crippen MR) is 121 cm³/mol. The summed E-state index contributed by atoms with van der Waals surface area (Å²) < 4.78 is 11.5. The van der Waals surface area contributed by atoms with E-state index < -0.39 is 0 Å². The Morgan fingerprint density at radius 1 is 1.00 bits per heavy atom. The van der Waals surface area contributed by atoms with Gasteiger partial charge in [0.15, 0.2) is 0 Å². The molecule has 32 heavy (non-hydrogen) atoms. The molecule has 0 spiro atoms. The van der Waals surface area contributed by atoms with Crippen LogP contribution in [0.3, 0.4) is 0 Å². The van der Waals surface area contributed by atoms with E-state index in [0.717, 1.165) is 40.5 Å². The highest BCUT2D eigenvalue weighted by atomic mass is 16.5. The summed E-state index contributed by atoms with van der Waals surface area (Å²) >= 11 is 0. The van der Waals surface area contributed by atoms with Crippen molar-refractivity contribution in [3.05, 3.63) is 59.2 Å². The zero-order chi connectivity index (χ0) is 22.1. The van der Waals surface area contributed by atoms with Crippen LogP contribution < -0.4 is 4.90 Å². The van der Waals surface area contributed by atoms with Crippen molar-refractivity contribution in [2.75, 3.05) is 50.9 Å². The molecule has 1 aromatic carbocycles. The molecule has 2 aliphatic heterocycles. The number of amides is 1. The van der Waals surface area contributed by atoms with E-state index in [9.17, 15) is 4.79 Å². The summed E-state index contributed by atoms with van der Waals surface area (Å²) in [7, 11) is 0. The van der Waals surface area contributed by atoms with Gasteiger partial charge in [0.1, 0.15) is 17.7 Å². The number of rotatable bonds is 3. The Kier molecular flexibility index (Phi) is 5.71. The maximum Gasteiger partial charge on any atom is 0.254 e. The summed E-state index contributed by atoms with van der Waals surface area (Å²) in [5, 5.41) is 0.863. The van der Waals surface area contributed by atoms with Crippen molar-refractivity contribution in [1.29, 1.82) is 0 Å². The summed E-state index contributed by atoms with van der Waals surface area (Å²) in [5.41, 5.74) is 3.18. The third-order valence-electron chi connectivity index (χ3n) is 5.94. The van der Waals surface area contributed by atoms with Crippen molar-refractivity contribution in [2.24, 2.45) is 0 Å². The Bertz CT molecular complexity index is 1130. The normalized spacial score (nSPS) is 19.4. The van der Waals surface area contributed by atoms with Crippen LogP contribution in [0.1, 0.15) is 33.7 Å². The molecule has 2 aliphatic rings. The van der Waals surface area contributed by atoms with Crippen LogP contribution >= 0.6 is 0 Å². The minimum absolute atomic E-state index is 0.0165. The molecule has 2 fully saturated rings. The number of para-hydroxylation sites is 1. The number of carbonyl (C=O) groups is 1. The van der Waals surface area contributed by atoms with Crippen LogP contribution in [0.15, 0.2) is 36.4 Å². The van der Waals surface area contributed by atoms with Crippen molar-refractivity contribution in [2.45, 2.75) is 20.0 Å². The third-order valence-corrected chi connectivity index (χ3v) is 5.94. The van der Waals surface area contributed by atoms with Gasteiger partial charge < -0.3 is 19.3 Å². The first-order chi connectivity index (χ1) is 15.6. The van der Waals surface area contributed by atoms with E-state index in [1.807, 2.05) is 55.1 Å². The molecule has 166 valence electrons. The fourth-order valence-electron chi connectivity index (χ4n) is 4.37. The summed E-state index contributed by atoms with van der Waals surface area (Å²) in [6.45, 7) is 8.16. The molecule has 1 atom stereocenters. The van der Waals surface area contributed by atoms with Crippen LogP contribution in [0, 0.1) is 13.8 Å². The van der Waals surface area contributed by atoms with E-state index in [0.29, 0.717) is 45.0 Å². The summed E-state index contributed by atoms with van der Waals surface area (Å²) in [4.78, 5) is 31.3. The van der Waals surface area contributed by atoms with Crippen LogP contribution in [-0.2, 0) is 9.47 Å². The molecule has 2 saturated heterocycles. The first-order valence-corrected chi connectivity index (χ1v) is 11.0. The van der Waals surface area contributed by atoms with E-state index in [2.05, 4.69) is 14.9 Å². The maximum atomic E-state index is 13.4. The van der Waals surface area contributed by atoms with Crippen LogP contribution in [0.5, 0.6) is 0 Å². The average molecular weight is 434 g/mol. The highest BCUT2D eigenvalue weighted by Gasteiger charge is 2.27. The van der Waals surface area contributed by atoms with Gasteiger partial charge >= 0.3 is 0 Å². The zero-order valence-electron chi connectivity index (χ0n) is 18.5. The van der Waals surface area contributed by atoms with Crippen LogP contribution in [0.4, 0.5) is 5.82 Å². The molecule has 5 rings (SSSR count). The maximum absolute atomic E-state index is 13.4. The third kappa shape index (κ3) is 4.16. The van der Waals surface area contributed by atoms with E-state index >= 15 is 0 Å². The van der Waals surface area contributed by atoms with Crippen LogP contribution in [-0.4, -0.2) is 71.8 Å². The number of hydrogen-bond acceptors (Lipinski definition) is 7. The van der Waals surface area contributed by atoms with Gasteiger partial charge in [0.05, 0.1) is 43.1 Å². The largest absolute Gasteiger partial charge is 0.378 e. The van der Waals surface area contributed by atoms with Gasteiger partial charge in [-0.25, -0.2) is 15.0 Å². The number of pyridine rings is 1. The van der Waals surface area contributed by atoms with Crippen LogP contribution in [0.25, 0.3) is 10.9 Å². The quantitative estimate of drug-likeness (QED) is 0.628. The first kappa shape index (κ1) is 20.8. The van der Waals surface area contributed by atoms with Crippen LogP contribution in [0.2, 0.25) is 0 Å². The first-order valence-electron chi connectivity index (χ1n) is 11.0. The Morgan fingerprint density at radius 2 is 1.81 bits per heavy atom. The number of aryl methyl sites for hydroxylation is 2. The SMILES string of the molecule is Cc1cc(N2CCO[C@H](c3cc(C(=O)N4CCOCC4)c4ccccc4n3)C2)nc(C)n1. The van der Waals surface area contributed by atoms with Gasteiger partial charge in [-0.2, -0.15) is 0 Å². The number of anilines is 1. The van der Waals surface area contributed by atoms with E-state index in [4.69, 9.17) is 14.5 Å². The predicted octanol–water partition coefficient (Wildman–Crippen LogP) is 2.69. The molecule has 0 saturated carbocycles. The summed E-state index contributed by atoms with van der Waals surface area (Å²) in [5.74, 6) is 1.67. The molecule has 0 aliphatic carbocycles. The highest BCUT2D eigenvalue weighted by molar-refractivity contribution is 6.06. The number of fused-ring (bicyclic) bond motifs is 1. The van der Waals surface area contributed by atoms with Gasteiger partial charge in [-0.15, -0.1) is 0 Å². The number of benzene rings is 1. The van der Waals surface area contributed by atoms with Crippen molar-refractivity contribution >= 4 is 22.6 Å².